The zero-order valence-corrected chi connectivity index (χ0v) is 17.7. The Balaban J connectivity index is 2.18. The quantitative estimate of drug-likeness (QED) is 0.724. The molecule has 1 heterocycles. The number of hydrogen-bond donors (Lipinski definition) is 1. The van der Waals surface area contributed by atoms with Crippen LogP contribution in [-0.2, 0) is 0 Å². The largest absolute Gasteiger partial charge is 0.504 e. The third-order valence-electron chi connectivity index (χ3n) is 4.86. The van der Waals surface area contributed by atoms with Gasteiger partial charge in [0.05, 0.1) is 49.1 Å². The standard InChI is InChI=1S/C21H24O9/c1-24-14-8-10(7-12(23)16(14)25-2)13-9-11(22)15-17(26-3)19(27-4)21(29-6)20(28-5)18(15)30-13/h7-8,13,23H,9H2,1-6H3. The first-order valence-corrected chi connectivity index (χ1v) is 9.00. The number of Topliss-reactive ketones (excluding diaryl/α,β-unsaturated/α-hetero) is 1. The summed E-state index contributed by atoms with van der Waals surface area (Å²) in [6.07, 6.45) is -0.718. The lowest BCUT2D eigenvalue weighted by atomic mass is 9.94. The molecule has 1 unspecified atom stereocenters. The van der Waals surface area contributed by atoms with Gasteiger partial charge in [0, 0.05) is 5.56 Å². The first-order chi connectivity index (χ1) is 14.4. The van der Waals surface area contributed by atoms with E-state index in [1.54, 1.807) is 6.07 Å². The highest BCUT2D eigenvalue weighted by molar-refractivity contribution is 6.05. The van der Waals surface area contributed by atoms with Gasteiger partial charge in [-0.2, -0.15) is 0 Å². The van der Waals surface area contributed by atoms with Gasteiger partial charge in [-0.1, -0.05) is 0 Å². The van der Waals surface area contributed by atoms with Crippen LogP contribution in [0.4, 0.5) is 0 Å². The second-order valence-electron chi connectivity index (χ2n) is 6.35. The number of carbonyl (C=O) groups excluding carboxylic acids is 1. The normalized spacial score (nSPS) is 15.0. The van der Waals surface area contributed by atoms with E-state index >= 15 is 0 Å². The van der Waals surface area contributed by atoms with Gasteiger partial charge in [-0.3, -0.25) is 4.79 Å². The van der Waals surface area contributed by atoms with Crippen LogP contribution in [0.2, 0.25) is 0 Å². The zero-order valence-electron chi connectivity index (χ0n) is 17.7. The molecule has 0 bridgehead atoms. The maximum atomic E-state index is 13.1. The van der Waals surface area contributed by atoms with E-state index in [1.807, 2.05) is 0 Å². The number of fused-ring (bicyclic) bond motifs is 1. The lowest BCUT2D eigenvalue weighted by molar-refractivity contribution is 0.0832. The molecule has 1 atom stereocenters. The van der Waals surface area contributed by atoms with E-state index in [2.05, 4.69) is 0 Å². The van der Waals surface area contributed by atoms with Crippen molar-refractivity contribution in [2.24, 2.45) is 0 Å². The summed E-state index contributed by atoms with van der Waals surface area (Å²) in [5.41, 5.74) is 0.730. The number of phenolic OH excluding ortho intramolecular Hbond substituents is 1. The highest BCUT2D eigenvalue weighted by atomic mass is 16.6. The molecule has 0 fully saturated rings. The molecule has 0 radical (unpaired) electrons. The molecule has 2 aromatic rings. The van der Waals surface area contributed by atoms with Crippen molar-refractivity contribution in [3.05, 3.63) is 23.3 Å². The molecule has 3 rings (SSSR count). The Kier molecular flexibility index (Phi) is 6.00. The molecule has 1 aliphatic rings. The van der Waals surface area contributed by atoms with Crippen molar-refractivity contribution in [1.29, 1.82) is 0 Å². The van der Waals surface area contributed by atoms with Crippen LogP contribution in [0.1, 0.15) is 28.4 Å². The Bertz CT molecular complexity index is 968. The molecule has 0 amide bonds. The molecule has 0 saturated heterocycles. The van der Waals surface area contributed by atoms with Crippen molar-refractivity contribution in [2.75, 3.05) is 42.7 Å². The summed E-state index contributed by atoms with van der Waals surface area (Å²) in [6.45, 7) is 0. The summed E-state index contributed by atoms with van der Waals surface area (Å²) in [4.78, 5) is 13.1. The van der Waals surface area contributed by atoms with Crippen molar-refractivity contribution in [1.82, 2.24) is 0 Å². The Morgan fingerprint density at radius 3 is 1.90 bits per heavy atom. The minimum Gasteiger partial charge on any atom is -0.504 e. The van der Waals surface area contributed by atoms with E-state index in [1.165, 1.54) is 48.7 Å². The first kappa shape index (κ1) is 21.2. The maximum absolute atomic E-state index is 13.1. The third kappa shape index (κ3) is 3.26. The second-order valence-corrected chi connectivity index (χ2v) is 6.35. The molecule has 0 aromatic heterocycles. The van der Waals surface area contributed by atoms with Crippen LogP contribution in [0.25, 0.3) is 0 Å². The number of carbonyl (C=O) groups is 1. The smallest absolute Gasteiger partial charge is 0.211 e. The minimum atomic E-state index is -0.715. The molecular weight excluding hydrogens is 396 g/mol. The minimum absolute atomic E-state index is 0.00306. The van der Waals surface area contributed by atoms with E-state index < -0.39 is 6.10 Å². The summed E-state index contributed by atoms with van der Waals surface area (Å²) in [5.74, 6) is 1.16. The average Bonchev–Trinajstić information content (AvgIpc) is 2.76. The van der Waals surface area contributed by atoms with Gasteiger partial charge >= 0.3 is 0 Å². The number of ketones is 1. The van der Waals surface area contributed by atoms with Gasteiger partial charge in [0.2, 0.25) is 23.0 Å². The molecule has 162 valence electrons. The first-order valence-electron chi connectivity index (χ1n) is 9.00. The number of benzene rings is 2. The van der Waals surface area contributed by atoms with Crippen molar-refractivity contribution < 1.29 is 43.1 Å². The fourth-order valence-electron chi connectivity index (χ4n) is 3.55. The Morgan fingerprint density at radius 2 is 1.37 bits per heavy atom. The third-order valence-corrected chi connectivity index (χ3v) is 4.86. The molecule has 0 spiro atoms. The van der Waals surface area contributed by atoms with Crippen molar-refractivity contribution in [2.45, 2.75) is 12.5 Å². The van der Waals surface area contributed by atoms with Gasteiger partial charge in [0.25, 0.3) is 0 Å². The average molecular weight is 420 g/mol. The Hall–Kier alpha value is -3.49. The van der Waals surface area contributed by atoms with Gasteiger partial charge in [-0.05, 0) is 12.1 Å². The van der Waals surface area contributed by atoms with Crippen molar-refractivity contribution >= 4 is 5.78 Å². The highest BCUT2D eigenvalue weighted by Gasteiger charge is 2.38. The number of methoxy groups -OCH3 is 6. The number of rotatable bonds is 7. The molecule has 1 N–H and O–H groups in total. The topological polar surface area (TPSA) is 102 Å². The molecule has 0 aliphatic carbocycles. The fraction of sp³-hybridized carbons (Fsp3) is 0.381. The Morgan fingerprint density at radius 1 is 0.800 bits per heavy atom. The SMILES string of the molecule is COc1cc(C2CC(=O)c3c(OC)c(OC)c(OC)c(OC)c3O2)cc(O)c1OC. The van der Waals surface area contributed by atoms with Crippen molar-refractivity contribution in [3.63, 3.8) is 0 Å². The van der Waals surface area contributed by atoms with Gasteiger partial charge in [-0.15, -0.1) is 0 Å². The molecule has 0 saturated carbocycles. The van der Waals surface area contributed by atoms with Crippen LogP contribution in [0.5, 0.6) is 46.0 Å². The molecule has 2 aromatic carbocycles. The number of hydrogen-bond acceptors (Lipinski definition) is 9. The van der Waals surface area contributed by atoms with E-state index in [4.69, 9.17) is 33.2 Å². The predicted molar refractivity (Wildman–Crippen MR) is 106 cm³/mol. The number of ether oxygens (including phenoxy) is 7. The second kappa shape index (κ2) is 8.48. The summed E-state index contributed by atoms with van der Waals surface area (Å²) in [7, 11) is 8.62. The van der Waals surface area contributed by atoms with E-state index in [0.29, 0.717) is 11.3 Å². The summed E-state index contributed by atoms with van der Waals surface area (Å²) in [5, 5.41) is 10.3. The lowest BCUT2D eigenvalue weighted by Gasteiger charge is -2.30. The van der Waals surface area contributed by atoms with Gasteiger partial charge in [0.1, 0.15) is 11.7 Å². The van der Waals surface area contributed by atoms with Gasteiger partial charge in [0.15, 0.2) is 28.8 Å². The number of phenols is 1. The van der Waals surface area contributed by atoms with E-state index in [9.17, 15) is 9.90 Å². The number of aromatic hydroxyl groups is 1. The zero-order chi connectivity index (χ0) is 22.0. The molecule has 9 nitrogen and oxygen atoms in total. The molecule has 9 heteroatoms. The van der Waals surface area contributed by atoms with Crippen LogP contribution >= 0.6 is 0 Å². The fourth-order valence-corrected chi connectivity index (χ4v) is 3.55. The summed E-state index contributed by atoms with van der Waals surface area (Å²) in [6, 6.07) is 3.11. The monoisotopic (exact) mass is 420 g/mol. The lowest BCUT2D eigenvalue weighted by Crippen LogP contribution is -2.22. The highest BCUT2D eigenvalue weighted by Crippen LogP contribution is 2.56. The van der Waals surface area contributed by atoms with Crippen molar-refractivity contribution in [3.8, 4) is 46.0 Å². The predicted octanol–water partition coefficient (Wildman–Crippen LogP) is 3.15. The molecule has 30 heavy (non-hydrogen) atoms. The van der Waals surface area contributed by atoms with Gasteiger partial charge in [-0.25, -0.2) is 0 Å². The van der Waals surface area contributed by atoms with Crippen LogP contribution in [-0.4, -0.2) is 53.5 Å². The molecular formula is C21H24O9. The van der Waals surface area contributed by atoms with E-state index in [-0.39, 0.29) is 58.0 Å². The van der Waals surface area contributed by atoms with Gasteiger partial charge < -0.3 is 38.3 Å². The summed E-state index contributed by atoms with van der Waals surface area (Å²) >= 11 is 0. The van der Waals surface area contributed by atoms with Crippen LogP contribution in [0.3, 0.4) is 0 Å². The van der Waals surface area contributed by atoms with Crippen LogP contribution in [0, 0.1) is 0 Å². The summed E-state index contributed by atoms with van der Waals surface area (Å²) < 4.78 is 38.3. The van der Waals surface area contributed by atoms with Crippen LogP contribution < -0.4 is 33.2 Å². The van der Waals surface area contributed by atoms with Crippen LogP contribution in [0.15, 0.2) is 12.1 Å². The Labute approximate surface area is 174 Å². The maximum Gasteiger partial charge on any atom is 0.211 e. The molecule has 1 aliphatic heterocycles. The van der Waals surface area contributed by atoms with E-state index in [0.717, 1.165) is 0 Å².